The zero-order chi connectivity index (χ0) is 30.4. The third-order valence-electron chi connectivity index (χ3n) is 7.72. The van der Waals surface area contributed by atoms with Gasteiger partial charge in [0, 0.05) is 22.6 Å². The molecule has 1 saturated carbocycles. The lowest BCUT2D eigenvalue weighted by atomic mass is 10.1. The summed E-state index contributed by atoms with van der Waals surface area (Å²) in [4.78, 5) is 29.3. The normalized spacial score (nSPS) is 14.4. The smallest absolute Gasteiger partial charge is 0.264 e. The number of nitrogens with zero attached hydrogens (tertiary/aromatic N) is 2. The van der Waals surface area contributed by atoms with Crippen LogP contribution in [-0.2, 0) is 26.2 Å². The summed E-state index contributed by atoms with van der Waals surface area (Å²) in [7, 11) is -4.18. The second kappa shape index (κ2) is 13.9. The SMILES string of the molecule is CCC(C(=O)NC1CCCC1)N(Cc1ccccc1Cl)C(=O)CN(c1ccc(C)c(Cl)c1)S(=O)(=O)c1ccc(C)cc1. The van der Waals surface area contributed by atoms with Gasteiger partial charge in [-0.1, -0.05) is 84.9 Å². The van der Waals surface area contributed by atoms with E-state index < -0.39 is 28.5 Å². The van der Waals surface area contributed by atoms with E-state index in [-0.39, 0.29) is 29.1 Å². The van der Waals surface area contributed by atoms with Crippen molar-refractivity contribution in [1.29, 1.82) is 0 Å². The summed E-state index contributed by atoms with van der Waals surface area (Å²) in [5.74, 6) is -0.785. The van der Waals surface area contributed by atoms with Crippen molar-refractivity contribution in [3.63, 3.8) is 0 Å². The molecule has 2 amide bonds. The summed E-state index contributed by atoms with van der Waals surface area (Å²) in [6, 6.07) is 17.7. The van der Waals surface area contributed by atoms with Crippen LogP contribution in [0, 0.1) is 13.8 Å². The Morgan fingerprint density at radius 2 is 1.62 bits per heavy atom. The Morgan fingerprint density at radius 1 is 0.952 bits per heavy atom. The Hall–Kier alpha value is -3.07. The predicted molar refractivity (Wildman–Crippen MR) is 168 cm³/mol. The average molecular weight is 631 g/mol. The molecule has 1 aliphatic carbocycles. The molecule has 3 aromatic carbocycles. The summed E-state index contributed by atoms with van der Waals surface area (Å²) in [6.07, 6.45) is 4.24. The van der Waals surface area contributed by atoms with Crippen molar-refractivity contribution >= 4 is 50.7 Å². The van der Waals surface area contributed by atoms with Crippen LogP contribution in [0.2, 0.25) is 10.0 Å². The number of amides is 2. The average Bonchev–Trinajstić information content (AvgIpc) is 3.47. The first-order valence-electron chi connectivity index (χ1n) is 14.2. The molecule has 224 valence electrons. The molecule has 1 fully saturated rings. The summed E-state index contributed by atoms with van der Waals surface area (Å²) in [5, 5.41) is 3.94. The van der Waals surface area contributed by atoms with Gasteiger partial charge in [-0.05, 0) is 74.6 Å². The van der Waals surface area contributed by atoms with E-state index in [1.165, 1.54) is 17.0 Å². The fourth-order valence-corrected chi connectivity index (χ4v) is 6.98. The van der Waals surface area contributed by atoms with Crippen molar-refractivity contribution in [2.24, 2.45) is 0 Å². The second-order valence-electron chi connectivity index (χ2n) is 10.8. The number of carbonyl (C=O) groups is 2. The molecule has 0 spiro atoms. The van der Waals surface area contributed by atoms with E-state index in [2.05, 4.69) is 5.32 Å². The van der Waals surface area contributed by atoms with Gasteiger partial charge in [-0.25, -0.2) is 8.42 Å². The second-order valence-corrected chi connectivity index (χ2v) is 13.5. The molecule has 0 aromatic heterocycles. The summed E-state index contributed by atoms with van der Waals surface area (Å²) >= 11 is 12.9. The maximum Gasteiger partial charge on any atom is 0.264 e. The third kappa shape index (κ3) is 7.46. The number of sulfonamides is 1. The fourth-order valence-electron chi connectivity index (χ4n) is 5.20. The number of anilines is 1. The molecule has 10 heteroatoms. The quantitative estimate of drug-likeness (QED) is 0.256. The molecule has 1 N–H and O–H groups in total. The minimum Gasteiger partial charge on any atom is -0.352 e. The van der Waals surface area contributed by atoms with Crippen molar-refractivity contribution in [3.8, 4) is 0 Å². The highest BCUT2D eigenvalue weighted by molar-refractivity contribution is 7.92. The van der Waals surface area contributed by atoms with Gasteiger partial charge < -0.3 is 10.2 Å². The van der Waals surface area contributed by atoms with Crippen molar-refractivity contribution < 1.29 is 18.0 Å². The molecule has 7 nitrogen and oxygen atoms in total. The van der Waals surface area contributed by atoms with Gasteiger partial charge in [0.2, 0.25) is 11.8 Å². The van der Waals surface area contributed by atoms with Crippen LogP contribution in [0.4, 0.5) is 5.69 Å². The zero-order valence-corrected chi connectivity index (χ0v) is 26.5. The molecule has 42 heavy (non-hydrogen) atoms. The Morgan fingerprint density at radius 3 is 2.24 bits per heavy atom. The number of nitrogens with one attached hydrogen (secondary N) is 1. The Bertz CT molecular complexity index is 1520. The highest BCUT2D eigenvalue weighted by Gasteiger charge is 2.35. The first kappa shape index (κ1) is 31.9. The van der Waals surface area contributed by atoms with Gasteiger partial charge in [-0.2, -0.15) is 0 Å². The van der Waals surface area contributed by atoms with Gasteiger partial charge in [-0.15, -0.1) is 0 Å². The Balaban J connectivity index is 1.74. The van der Waals surface area contributed by atoms with Gasteiger partial charge in [0.25, 0.3) is 10.0 Å². The third-order valence-corrected chi connectivity index (χ3v) is 10.3. The van der Waals surface area contributed by atoms with Crippen LogP contribution in [0.5, 0.6) is 0 Å². The van der Waals surface area contributed by atoms with Crippen LogP contribution >= 0.6 is 23.2 Å². The van der Waals surface area contributed by atoms with Crippen LogP contribution in [0.15, 0.2) is 71.6 Å². The van der Waals surface area contributed by atoms with E-state index >= 15 is 0 Å². The topological polar surface area (TPSA) is 86.8 Å². The molecule has 0 bridgehead atoms. The van der Waals surface area contributed by atoms with Crippen LogP contribution in [0.25, 0.3) is 0 Å². The Kier molecular flexibility index (Phi) is 10.6. The first-order valence-corrected chi connectivity index (χ1v) is 16.4. The first-order chi connectivity index (χ1) is 20.0. The number of aryl methyl sites for hydroxylation is 2. The lowest BCUT2D eigenvalue weighted by Gasteiger charge is -2.34. The zero-order valence-electron chi connectivity index (χ0n) is 24.1. The lowest BCUT2D eigenvalue weighted by Crippen LogP contribution is -2.53. The van der Waals surface area contributed by atoms with Gasteiger partial charge in [0.1, 0.15) is 12.6 Å². The molecular formula is C32H37Cl2N3O4S. The summed E-state index contributed by atoms with van der Waals surface area (Å²) in [5.41, 5.74) is 2.58. The van der Waals surface area contributed by atoms with Crippen LogP contribution < -0.4 is 9.62 Å². The van der Waals surface area contributed by atoms with E-state index in [0.29, 0.717) is 22.0 Å². The maximum atomic E-state index is 14.2. The van der Waals surface area contributed by atoms with E-state index in [4.69, 9.17) is 23.2 Å². The molecule has 0 radical (unpaired) electrons. The number of rotatable bonds is 11. The molecule has 0 heterocycles. The van der Waals surface area contributed by atoms with E-state index in [9.17, 15) is 18.0 Å². The minimum absolute atomic E-state index is 0.0428. The number of benzene rings is 3. The number of carbonyl (C=O) groups excluding carboxylic acids is 2. The molecule has 0 aliphatic heterocycles. The van der Waals surface area contributed by atoms with E-state index in [1.807, 2.05) is 26.8 Å². The molecule has 1 aliphatic rings. The molecule has 3 aromatic rings. The minimum atomic E-state index is -4.18. The Labute approximate surface area is 258 Å². The van der Waals surface area contributed by atoms with E-state index in [0.717, 1.165) is 41.1 Å². The molecule has 0 saturated heterocycles. The predicted octanol–water partition coefficient (Wildman–Crippen LogP) is 6.67. The maximum absolute atomic E-state index is 14.2. The van der Waals surface area contributed by atoms with Gasteiger partial charge in [-0.3, -0.25) is 13.9 Å². The van der Waals surface area contributed by atoms with Crippen LogP contribution in [0.3, 0.4) is 0 Å². The van der Waals surface area contributed by atoms with Gasteiger partial charge in [0.15, 0.2) is 0 Å². The lowest BCUT2D eigenvalue weighted by molar-refractivity contribution is -0.140. The molecule has 1 atom stereocenters. The van der Waals surface area contributed by atoms with Crippen LogP contribution in [0.1, 0.15) is 55.7 Å². The van der Waals surface area contributed by atoms with Gasteiger partial charge in [0.05, 0.1) is 10.6 Å². The van der Waals surface area contributed by atoms with Crippen molar-refractivity contribution in [3.05, 3.63) is 93.5 Å². The number of hydrogen-bond acceptors (Lipinski definition) is 4. The molecule has 1 unspecified atom stereocenters. The fraction of sp³-hybridized carbons (Fsp3) is 0.375. The number of halogens is 2. The molecule has 4 rings (SSSR count). The van der Waals surface area contributed by atoms with Gasteiger partial charge >= 0.3 is 0 Å². The van der Waals surface area contributed by atoms with Crippen molar-refractivity contribution in [2.75, 3.05) is 10.8 Å². The largest absolute Gasteiger partial charge is 0.352 e. The highest BCUT2D eigenvalue weighted by Crippen LogP contribution is 2.29. The van der Waals surface area contributed by atoms with Crippen LogP contribution in [-0.4, -0.2) is 43.8 Å². The standard InChI is InChI=1S/C32H37Cl2N3O4S/c1-4-30(32(39)35-25-10-6-7-11-25)36(20-24-9-5-8-12-28(24)33)31(38)21-37(26-16-15-23(3)29(34)19-26)42(40,41)27-17-13-22(2)14-18-27/h5,8-9,12-19,25,30H,4,6-7,10-11,20-21H2,1-3H3,(H,35,39). The van der Waals surface area contributed by atoms with Crippen molar-refractivity contribution in [1.82, 2.24) is 10.2 Å². The summed E-state index contributed by atoms with van der Waals surface area (Å²) < 4.78 is 29.1. The summed E-state index contributed by atoms with van der Waals surface area (Å²) in [6.45, 7) is 5.03. The number of hydrogen-bond donors (Lipinski definition) is 1. The van der Waals surface area contributed by atoms with Crippen molar-refractivity contribution in [2.45, 2.75) is 76.4 Å². The molecular weight excluding hydrogens is 593 g/mol. The highest BCUT2D eigenvalue weighted by atomic mass is 35.5. The monoisotopic (exact) mass is 629 g/mol. The van der Waals surface area contributed by atoms with E-state index in [1.54, 1.807) is 48.5 Å².